The first kappa shape index (κ1) is 19.5. The maximum absolute atomic E-state index is 6.38. The third-order valence-corrected chi connectivity index (χ3v) is 5.19. The summed E-state index contributed by atoms with van der Waals surface area (Å²) in [6.45, 7) is 2.63. The van der Waals surface area contributed by atoms with Crippen LogP contribution in [0.2, 0.25) is 5.02 Å². The van der Waals surface area contributed by atoms with E-state index in [9.17, 15) is 0 Å². The smallest absolute Gasteiger partial charge is 0.191 e. The zero-order valence-electron chi connectivity index (χ0n) is 16.4. The van der Waals surface area contributed by atoms with Gasteiger partial charge in [0.05, 0.1) is 18.2 Å². The van der Waals surface area contributed by atoms with Crippen molar-refractivity contribution >= 4 is 28.5 Å². The minimum absolute atomic E-state index is 0.573. The SMILES string of the molecule is CN=C(NCCc1c[nH]c2ccccc12)NCc1cc(Cl)c2c(c1)OCCCO2. The molecule has 2 aromatic carbocycles. The summed E-state index contributed by atoms with van der Waals surface area (Å²) in [5, 5.41) is 8.53. The molecule has 0 aliphatic carbocycles. The fourth-order valence-corrected chi connectivity index (χ4v) is 3.73. The molecule has 29 heavy (non-hydrogen) atoms. The first-order valence-corrected chi connectivity index (χ1v) is 10.2. The van der Waals surface area contributed by atoms with Gasteiger partial charge in [-0.3, -0.25) is 4.99 Å². The molecule has 7 heteroatoms. The average Bonchev–Trinajstić information content (AvgIpc) is 2.98. The highest BCUT2D eigenvalue weighted by Crippen LogP contribution is 2.37. The lowest BCUT2D eigenvalue weighted by Gasteiger charge is -2.14. The van der Waals surface area contributed by atoms with Gasteiger partial charge in [0.1, 0.15) is 0 Å². The topological polar surface area (TPSA) is 70.7 Å². The number of aromatic nitrogens is 1. The van der Waals surface area contributed by atoms with E-state index < -0.39 is 0 Å². The number of hydrogen-bond acceptors (Lipinski definition) is 3. The van der Waals surface area contributed by atoms with Crippen LogP contribution >= 0.6 is 11.6 Å². The predicted octanol–water partition coefficient (Wildman–Crippen LogP) is 3.89. The Kier molecular flexibility index (Phi) is 6.10. The number of nitrogens with one attached hydrogen (secondary N) is 3. The van der Waals surface area contributed by atoms with Crippen molar-refractivity contribution in [3.63, 3.8) is 0 Å². The number of aliphatic imine (C=N–C) groups is 1. The van der Waals surface area contributed by atoms with E-state index in [1.807, 2.05) is 18.2 Å². The van der Waals surface area contributed by atoms with E-state index in [0.717, 1.165) is 36.4 Å². The van der Waals surface area contributed by atoms with Crippen LogP contribution in [0.25, 0.3) is 10.9 Å². The summed E-state index contributed by atoms with van der Waals surface area (Å²) in [6.07, 6.45) is 3.83. The molecule has 0 fully saturated rings. The van der Waals surface area contributed by atoms with Crippen molar-refractivity contribution in [3.05, 3.63) is 58.7 Å². The number of guanidine groups is 1. The number of nitrogens with zero attached hydrogens (tertiary/aromatic N) is 1. The van der Waals surface area contributed by atoms with Crippen molar-refractivity contribution in [1.82, 2.24) is 15.6 Å². The average molecular weight is 413 g/mol. The van der Waals surface area contributed by atoms with Crippen LogP contribution in [0.3, 0.4) is 0 Å². The van der Waals surface area contributed by atoms with Gasteiger partial charge in [-0.05, 0) is 35.7 Å². The van der Waals surface area contributed by atoms with E-state index >= 15 is 0 Å². The Morgan fingerprint density at radius 2 is 2.03 bits per heavy atom. The van der Waals surface area contributed by atoms with E-state index in [4.69, 9.17) is 21.1 Å². The Hall–Kier alpha value is -2.86. The first-order valence-electron chi connectivity index (χ1n) is 9.82. The predicted molar refractivity (Wildman–Crippen MR) is 117 cm³/mol. The van der Waals surface area contributed by atoms with Gasteiger partial charge in [-0.1, -0.05) is 29.8 Å². The Labute approximate surface area is 175 Å². The molecule has 0 radical (unpaired) electrons. The van der Waals surface area contributed by atoms with Gasteiger partial charge in [0.15, 0.2) is 17.5 Å². The molecular formula is C22H25ClN4O2. The highest BCUT2D eigenvalue weighted by molar-refractivity contribution is 6.32. The van der Waals surface area contributed by atoms with Gasteiger partial charge in [0.2, 0.25) is 0 Å². The van der Waals surface area contributed by atoms with Gasteiger partial charge in [0.25, 0.3) is 0 Å². The number of benzene rings is 2. The third-order valence-electron chi connectivity index (χ3n) is 4.91. The van der Waals surface area contributed by atoms with Crippen molar-refractivity contribution in [1.29, 1.82) is 0 Å². The quantitative estimate of drug-likeness (QED) is 0.439. The van der Waals surface area contributed by atoms with E-state index in [0.29, 0.717) is 36.3 Å². The summed E-state index contributed by atoms with van der Waals surface area (Å²) >= 11 is 6.38. The summed E-state index contributed by atoms with van der Waals surface area (Å²) in [4.78, 5) is 7.62. The van der Waals surface area contributed by atoms with Crippen molar-refractivity contribution in [2.75, 3.05) is 26.8 Å². The second kappa shape index (κ2) is 9.09. The van der Waals surface area contributed by atoms with Crippen LogP contribution < -0.4 is 20.1 Å². The van der Waals surface area contributed by atoms with Crippen molar-refractivity contribution in [2.45, 2.75) is 19.4 Å². The molecule has 0 bridgehead atoms. The lowest BCUT2D eigenvalue weighted by Crippen LogP contribution is -2.37. The number of fused-ring (bicyclic) bond motifs is 2. The number of ether oxygens (including phenoxy) is 2. The minimum Gasteiger partial charge on any atom is -0.489 e. The molecule has 0 spiro atoms. The van der Waals surface area contributed by atoms with Crippen molar-refractivity contribution in [3.8, 4) is 11.5 Å². The maximum Gasteiger partial charge on any atom is 0.191 e. The number of H-pyrrole nitrogens is 1. The standard InChI is InChI=1S/C22H25ClN4O2/c1-24-22(25-8-7-16-14-26-19-6-3-2-5-17(16)19)27-13-15-11-18(23)21-20(12-15)28-9-4-10-29-21/h2-3,5-6,11-12,14,26H,4,7-10,13H2,1H3,(H2,24,25,27). The summed E-state index contributed by atoms with van der Waals surface area (Å²) in [5.41, 5.74) is 3.47. The van der Waals surface area contributed by atoms with E-state index in [1.54, 1.807) is 7.05 Å². The van der Waals surface area contributed by atoms with Crippen LogP contribution in [0, 0.1) is 0 Å². The molecule has 4 rings (SSSR count). The van der Waals surface area contributed by atoms with Crippen LogP contribution in [0.1, 0.15) is 17.5 Å². The molecule has 3 N–H and O–H groups in total. The maximum atomic E-state index is 6.38. The van der Waals surface area contributed by atoms with Gasteiger partial charge in [0, 0.05) is 43.7 Å². The molecule has 152 valence electrons. The first-order chi connectivity index (χ1) is 14.2. The molecule has 0 unspecified atom stereocenters. The van der Waals surface area contributed by atoms with Gasteiger partial charge >= 0.3 is 0 Å². The minimum atomic E-state index is 0.573. The molecule has 6 nitrogen and oxygen atoms in total. The van der Waals surface area contributed by atoms with Crippen LogP contribution in [0.4, 0.5) is 0 Å². The monoisotopic (exact) mass is 412 g/mol. The molecule has 3 aromatic rings. The largest absolute Gasteiger partial charge is 0.489 e. The molecule has 0 saturated heterocycles. The number of aromatic amines is 1. The van der Waals surface area contributed by atoms with Crippen molar-refractivity contribution < 1.29 is 9.47 Å². The van der Waals surface area contributed by atoms with Crippen LogP contribution in [0.15, 0.2) is 47.6 Å². The summed E-state index contributed by atoms with van der Waals surface area (Å²) in [5.74, 6) is 2.08. The fraction of sp³-hybridized carbons (Fsp3) is 0.318. The normalized spacial score (nSPS) is 13.9. The second-order valence-corrected chi connectivity index (χ2v) is 7.32. The van der Waals surface area contributed by atoms with Gasteiger partial charge in [-0.15, -0.1) is 0 Å². The Balaban J connectivity index is 1.33. The molecule has 1 aromatic heterocycles. The van der Waals surface area contributed by atoms with Gasteiger partial charge < -0.3 is 25.1 Å². The molecule has 0 amide bonds. The highest BCUT2D eigenvalue weighted by atomic mass is 35.5. The van der Waals surface area contributed by atoms with Crippen LogP contribution in [0.5, 0.6) is 11.5 Å². The van der Waals surface area contributed by atoms with Gasteiger partial charge in [-0.2, -0.15) is 0 Å². The van der Waals surface area contributed by atoms with Gasteiger partial charge in [-0.25, -0.2) is 0 Å². The van der Waals surface area contributed by atoms with E-state index in [1.165, 1.54) is 10.9 Å². The Morgan fingerprint density at radius 3 is 2.93 bits per heavy atom. The molecule has 0 saturated carbocycles. The van der Waals surface area contributed by atoms with Crippen LogP contribution in [-0.2, 0) is 13.0 Å². The van der Waals surface area contributed by atoms with Crippen molar-refractivity contribution in [2.24, 2.45) is 4.99 Å². The molecule has 1 aliphatic heterocycles. The zero-order valence-corrected chi connectivity index (χ0v) is 17.2. The molecule has 0 atom stereocenters. The lowest BCUT2D eigenvalue weighted by molar-refractivity contribution is 0.297. The summed E-state index contributed by atoms with van der Waals surface area (Å²) < 4.78 is 11.4. The molecule has 2 heterocycles. The summed E-state index contributed by atoms with van der Waals surface area (Å²) in [6, 6.07) is 12.2. The van der Waals surface area contributed by atoms with E-state index in [-0.39, 0.29) is 0 Å². The zero-order chi connectivity index (χ0) is 20.1. The molecular weight excluding hydrogens is 388 g/mol. The number of para-hydroxylation sites is 1. The second-order valence-electron chi connectivity index (χ2n) is 6.92. The Bertz CT molecular complexity index is 1020. The van der Waals surface area contributed by atoms with Crippen LogP contribution in [-0.4, -0.2) is 37.7 Å². The Morgan fingerprint density at radius 1 is 1.17 bits per heavy atom. The summed E-state index contributed by atoms with van der Waals surface area (Å²) in [7, 11) is 1.77. The lowest BCUT2D eigenvalue weighted by atomic mass is 10.1. The number of rotatable bonds is 5. The van der Waals surface area contributed by atoms with E-state index in [2.05, 4.69) is 45.0 Å². The third kappa shape index (κ3) is 4.59. The highest BCUT2D eigenvalue weighted by Gasteiger charge is 2.15. The fourth-order valence-electron chi connectivity index (χ4n) is 3.45. The molecule has 1 aliphatic rings. The number of hydrogen-bond donors (Lipinski definition) is 3. The number of halogens is 1.